The van der Waals surface area contributed by atoms with Gasteiger partial charge in [0.1, 0.15) is 10.8 Å². The lowest BCUT2D eigenvalue weighted by atomic mass is 10.1. The van der Waals surface area contributed by atoms with Gasteiger partial charge in [0, 0.05) is 19.5 Å². The SMILES string of the molecule is CC1CN(c2nnc(Cc3ccccc3F)s2)CCS1(=O)=O. The molecule has 0 aliphatic carbocycles. The maximum Gasteiger partial charge on any atom is 0.208 e. The van der Waals surface area contributed by atoms with E-state index < -0.39 is 15.1 Å². The van der Waals surface area contributed by atoms with E-state index in [1.54, 1.807) is 25.1 Å². The van der Waals surface area contributed by atoms with Crippen LogP contribution in [0.3, 0.4) is 0 Å². The van der Waals surface area contributed by atoms with E-state index in [4.69, 9.17) is 0 Å². The molecule has 0 saturated carbocycles. The van der Waals surface area contributed by atoms with Gasteiger partial charge in [0.05, 0.1) is 11.0 Å². The smallest absolute Gasteiger partial charge is 0.208 e. The van der Waals surface area contributed by atoms with Gasteiger partial charge in [-0.3, -0.25) is 0 Å². The highest BCUT2D eigenvalue weighted by Crippen LogP contribution is 2.26. The van der Waals surface area contributed by atoms with Gasteiger partial charge in [-0.05, 0) is 18.6 Å². The van der Waals surface area contributed by atoms with Gasteiger partial charge in [-0.25, -0.2) is 12.8 Å². The average Bonchev–Trinajstić information content (AvgIpc) is 2.93. The van der Waals surface area contributed by atoms with E-state index in [0.29, 0.717) is 30.2 Å². The second-order valence-corrected chi connectivity index (χ2v) is 8.95. The first-order valence-electron chi connectivity index (χ1n) is 6.98. The summed E-state index contributed by atoms with van der Waals surface area (Å²) in [6.07, 6.45) is 0.395. The highest BCUT2D eigenvalue weighted by Gasteiger charge is 2.30. The summed E-state index contributed by atoms with van der Waals surface area (Å²) in [5, 5.41) is 9.25. The number of rotatable bonds is 3. The Balaban J connectivity index is 1.73. The van der Waals surface area contributed by atoms with Crippen LogP contribution in [-0.4, -0.2) is 42.7 Å². The summed E-state index contributed by atoms with van der Waals surface area (Å²) in [6.45, 7) is 2.57. The molecule has 8 heteroatoms. The van der Waals surface area contributed by atoms with Crippen LogP contribution in [0.15, 0.2) is 24.3 Å². The lowest BCUT2D eigenvalue weighted by Crippen LogP contribution is -2.45. The minimum Gasteiger partial charge on any atom is -0.344 e. The third-order valence-corrected chi connectivity index (χ3v) is 6.87. The first-order chi connectivity index (χ1) is 10.5. The van der Waals surface area contributed by atoms with Crippen molar-refractivity contribution in [1.29, 1.82) is 0 Å². The van der Waals surface area contributed by atoms with E-state index in [-0.39, 0.29) is 11.6 Å². The Labute approximate surface area is 132 Å². The predicted octanol–water partition coefficient (Wildman–Crippen LogP) is 1.89. The number of benzene rings is 1. The Kier molecular flexibility index (Phi) is 4.14. The predicted molar refractivity (Wildman–Crippen MR) is 84.6 cm³/mol. The van der Waals surface area contributed by atoms with Gasteiger partial charge in [-0.1, -0.05) is 29.5 Å². The molecule has 2 heterocycles. The second-order valence-electron chi connectivity index (χ2n) is 5.37. The molecule has 2 aromatic rings. The molecule has 22 heavy (non-hydrogen) atoms. The standard InChI is InChI=1S/C14H16FN3O2S2/c1-10-9-18(6-7-22(10,19)20)14-17-16-13(21-14)8-11-4-2-3-5-12(11)15/h2-5,10H,6-9H2,1H3. The molecule has 1 aromatic carbocycles. The molecular formula is C14H16FN3O2S2. The normalized spacial score (nSPS) is 21.0. The quantitative estimate of drug-likeness (QED) is 0.853. The summed E-state index contributed by atoms with van der Waals surface area (Å²) in [7, 11) is -2.98. The number of aromatic nitrogens is 2. The van der Waals surface area contributed by atoms with E-state index in [9.17, 15) is 12.8 Å². The van der Waals surface area contributed by atoms with E-state index >= 15 is 0 Å². The van der Waals surface area contributed by atoms with Gasteiger partial charge in [0.2, 0.25) is 5.13 Å². The van der Waals surface area contributed by atoms with Gasteiger partial charge in [-0.2, -0.15) is 0 Å². The number of nitrogens with zero attached hydrogens (tertiary/aromatic N) is 3. The molecule has 5 nitrogen and oxygen atoms in total. The van der Waals surface area contributed by atoms with Crippen LogP contribution >= 0.6 is 11.3 Å². The molecule has 0 radical (unpaired) electrons. The van der Waals surface area contributed by atoms with Crippen molar-refractivity contribution < 1.29 is 12.8 Å². The Bertz CT molecular complexity index is 776. The zero-order valence-corrected chi connectivity index (χ0v) is 13.7. The van der Waals surface area contributed by atoms with E-state index in [1.165, 1.54) is 17.4 Å². The number of hydrogen-bond donors (Lipinski definition) is 0. The Hall–Kier alpha value is -1.54. The third kappa shape index (κ3) is 3.12. The fraction of sp³-hybridized carbons (Fsp3) is 0.429. The number of hydrogen-bond acceptors (Lipinski definition) is 6. The number of anilines is 1. The highest BCUT2D eigenvalue weighted by molar-refractivity contribution is 7.92. The Morgan fingerprint density at radius 2 is 2.14 bits per heavy atom. The molecule has 0 bridgehead atoms. The van der Waals surface area contributed by atoms with Crippen molar-refractivity contribution >= 4 is 26.3 Å². The van der Waals surface area contributed by atoms with E-state index in [1.807, 2.05) is 4.90 Å². The zero-order valence-electron chi connectivity index (χ0n) is 12.1. The van der Waals surface area contributed by atoms with Crippen molar-refractivity contribution in [3.05, 3.63) is 40.7 Å². The van der Waals surface area contributed by atoms with E-state index in [0.717, 1.165) is 5.01 Å². The van der Waals surface area contributed by atoms with Crippen molar-refractivity contribution in [3.63, 3.8) is 0 Å². The summed E-state index contributed by atoms with van der Waals surface area (Å²) < 4.78 is 37.1. The molecule has 1 aliphatic rings. The molecule has 1 saturated heterocycles. The molecule has 0 N–H and O–H groups in total. The molecule has 1 atom stereocenters. The van der Waals surface area contributed by atoms with Crippen molar-refractivity contribution in [1.82, 2.24) is 10.2 Å². The van der Waals surface area contributed by atoms with Gasteiger partial charge >= 0.3 is 0 Å². The maximum absolute atomic E-state index is 13.7. The fourth-order valence-corrected chi connectivity index (χ4v) is 4.56. The van der Waals surface area contributed by atoms with Crippen molar-refractivity contribution in [2.75, 3.05) is 23.7 Å². The molecule has 118 valence electrons. The van der Waals surface area contributed by atoms with Gasteiger partial charge in [-0.15, -0.1) is 10.2 Å². The first kappa shape index (κ1) is 15.4. The molecule has 1 aliphatic heterocycles. The minimum atomic E-state index is -2.98. The zero-order chi connectivity index (χ0) is 15.7. The minimum absolute atomic E-state index is 0.135. The second kappa shape index (κ2) is 5.92. The van der Waals surface area contributed by atoms with Gasteiger partial charge in [0.15, 0.2) is 9.84 Å². The molecule has 0 amide bonds. The summed E-state index contributed by atoms with van der Waals surface area (Å²) >= 11 is 1.39. The summed E-state index contributed by atoms with van der Waals surface area (Å²) in [5.41, 5.74) is 0.583. The van der Waals surface area contributed by atoms with Crippen LogP contribution in [-0.2, 0) is 16.3 Å². The summed E-state index contributed by atoms with van der Waals surface area (Å²) in [6, 6.07) is 6.60. The third-order valence-electron chi connectivity index (χ3n) is 3.76. The van der Waals surface area contributed by atoms with Gasteiger partial charge < -0.3 is 4.90 Å². The molecule has 1 aromatic heterocycles. The van der Waals surface area contributed by atoms with E-state index in [2.05, 4.69) is 10.2 Å². The molecule has 1 fully saturated rings. The summed E-state index contributed by atoms with van der Waals surface area (Å²) in [5.74, 6) is -0.118. The van der Waals surface area contributed by atoms with Crippen LogP contribution in [0.2, 0.25) is 0 Å². The van der Waals surface area contributed by atoms with Crippen LogP contribution in [0, 0.1) is 5.82 Å². The lowest BCUT2D eigenvalue weighted by Gasteiger charge is -2.30. The molecule has 0 spiro atoms. The Morgan fingerprint density at radius 3 is 2.86 bits per heavy atom. The number of sulfone groups is 1. The van der Waals surface area contributed by atoms with Gasteiger partial charge in [0.25, 0.3) is 0 Å². The highest BCUT2D eigenvalue weighted by atomic mass is 32.2. The maximum atomic E-state index is 13.7. The van der Waals surface area contributed by atoms with Crippen LogP contribution in [0.1, 0.15) is 17.5 Å². The van der Waals surface area contributed by atoms with Crippen molar-refractivity contribution in [2.24, 2.45) is 0 Å². The van der Waals surface area contributed by atoms with Crippen LogP contribution in [0.25, 0.3) is 0 Å². The Morgan fingerprint density at radius 1 is 1.36 bits per heavy atom. The van der Waals surface area contributed by atoms with Crippen molar-refractivity contribution in [3.8, 4) is 0 Å². The summed E-state index contributed by atoms with van der Waals surface area (Å²) in [4.78, 5) is 1.94. The monoisotopic (exact) mass is 341 g/mol. The molecule has 1 unspecified atom stereocenters. The largest absolute Gasteiger partial charge is 0.344 e. The molecular weight excluding hydrogens is 325 g/mol. The fourth-order valence-electron chi connectivity index (χ4n) is 2.38. The topological polar surface area (TPSA) is 63.2 Å². The number of halogens is 1. The van der Waals surface area contributed by atoms with Crippen LogP contribution in [0.4, 0.5) is 9.52 Å². The molecule has 3 rings (SSSR count). The first-order valence-corrected chi connectivity index (χ1v) is 9.51. The van der Waals surface area contributed by atoms with Crippen LogP contribution < -0.4 is 4.90 Å². The van der Waals surface area contributed by atoms with Crippen LogP contribution in [0.5, 0.6) is 0 Å². The average molecular weight is 341 g/mol. The van der Waals surface area contributed by atoms with Crippen molar-refractivity contribution in [2.45, 2.75) is 18.6 Å². The lowest BCUT2D eigenvalue weighted by molar-refractivity contribution is 0.569.